The van der Waals surface area contributed by atoms with Gasteiger partial charge >= 0.3 is 0 Å². The Labute approximate surface area is 106 Å². The highest BCUT2D eigenvalue weighted by molar-refractivity contribution is 5.93. The second kappa shape index (κ2) is 4.27. The quantitative estimate of drug-likeness (QED) is 0.720. The van der Waals surface area contributed by atoms with E-state index in [4.69, 9.17) is 5.73 Å². The zero-order valence-electron chi connectivity index (χ0n) is 10.3. The summed E-state index contributed by atoms with van der Waals surface area (Å²) in [5.74, 6) is 0. The SMILES string of the molecule is Cc1cc2c(-c3ccc(CN)cc3)ccnc2[nH]1. The predicted molar refractivity (Wildman–Crippen MR) is 74.2 cm³/mol. The summed E-state index contributed by atoms with van der Waals surface area (Å²) in [6, 6.07) is 12.5. The van der Waals surface area contributed by atoms with Crippen molar-refractivity contribution in [3.63, 3.8) is 0 Å². The van der Waals surface area contributed by atoms with E-state index in [1.165, 1.54) is 11.1 Å². The second-order valence-corrected chi connectivity index (χ2v) is 4.47. The standard InChI is InChI=1S/C15H15N3/c1-10-8-14-13(6-7-17-15(14)18-10)12-4-2-11(9-16)3-5-12/h2-8H,9,16H2,1H3,(H,17,18). The van der Waals surface area contributed by atoms with E-state index >= 15 is 0 Å². The molecule has 3 nitrogen and oxygen atoms in total. The molecule has 3 N–H and O–H groups in total. The zero-order chi connectivity index (χ0) is 12.5. The van der Waals surface area contributed by atoms with Crippen LogP contribution in [-0.2, 0) is 6.54 Å². The molecule has 1 aromatic carbocycles. The number of aryl methyl sites for hydroxylation is 1. The van der Waals surface area contributed by atoms with Crippen molar-refractivity contribution < 1.29 is 0 Å². The van der Waals surface area contributed by atoms with Gasteiger partial charge in [0.1, 0.15) is 5.65 Å². The molecule has 0 bridgehead atoms. The molecule has 0 aliphatic rings. The molecule has 3 aromatic rings. The first kappa shape index (κ1) is 11.0. The third-order valence-electron chi connectivity index (χ3n) is 3.17. The van der Waals surface area contributed by atoms with Gasteiger partial charge in [-0.05, 0) is 35.7 Å². The van der Waals surface area contributed by atoms with Gasteiger partial charge in [-0.3, -0.25) is 0 Å². The van der Waals surface area contributed by atoms with Crippen LogP contribution in [0.2, 0.25) is 0 Å². The van der Waals surface area contributed by atoms with Gasteiger partial charge in [0, 0.05) is 23.8 Å². The van der Waals surface area contributed by atoms with Gasteiger partial charge in [-0.1, -0.05) is 24.3 Å². The first-order valence-electron chi connectivity index (χ1n) is 6.01. The van der Waals surface area contributed by atoms with Crippen LogP contribution in [0.25, 0.3) is 22.2 Å². The van der Waals surface area contributed by atoms with E-state index < -0.39 is 0 Å². The first-order chi connectivity index (χ1) is 8.78. The van der Waals surface area contributed by atoms with Crippen LogP contribution in [0.3, 0.4) is 0 Å². The minimum absolute atomic E-state index is 0.579. The summed E-state index contributed by atoms with van der Waals surface area (Å²) in [5, 5.41) is 1.16. The molecule has 3 rings (SSSR count). The molecule has 0 unspecified atom stereocenters. The topological polar surface area (TPSA) is 54.7 Å². The van der Waals surface area contributed by atoms with Crippen LogP contribution >= 0.6 is 0 Å². The molecule has 0 amide bonds. The number of benzene rings is 1. The average molecular weight is 237 g/mol. The molecular formula is C15H15N3. The molecule has 0 fully saturated rings. The van der Waals surface area contributed by atoms with Gasteiger partial charge in [0.05, 0.1) is 0 Å². The number of nitrogens with zero attached hydrogens (tertiary/aromatic N) is 1. The molecule has 3 heteroatoms. The van der Waals surface area contributed by atoms with Gasteiger partial charge < -0.3 is 10.7 Å². The van der Waals surface area contributed by atoms with E-state index in [1.807, 2.05) is 19.2 Å². The maximum Gasteiger partial charge on any atom is 0.138 e. The molecule has 0 saturated heterocycles. The van der Waals surface area contributed by atoms with Crippen molar-refractivity contribution in [3.05, 3.63) is 53.9 Å². The Morgan fingerprint density at radius 3 is 2.67 bits per heavy atom. The Bertz CT molecular complexity index is 681. The van der Waals surface area contributed by atoms with E-state index in [0.717, 1.165) is 22.3 Å². The summed E-state index contributed by atoms with van der Waals surface area (Å²) in [6.07, 6.45) is 1.84. The van der Waals surface area contributed by atoms with Gasteiger partial charge in [-0.15, -0.1) is 0 Å². The van der Waals surface area contributed by atoms with Crippen molar-refractivity contribution in [2.24, 2.45) is 5.73 Å². The van der Waals surface area contributed by atoms with Crippen LogP contribution in [0.1, 0.15) is 11.3 Å². The van der Waals surface area contributed by atoms with Crippen LogP contribution in [0.5, 0.6) is 0 Å². The summed E-state index contributed by atoms with van der Waals surface area (Å²) in [4.78, 5) is 7.61. The number of pyridine rings is 1. The van der Waals surface area contributed by atoms with Crippen molar-refractivity contribution in [3.8, 4) is 11.1 Å². The van der Waals surface area contributed by atoms with E-state index in [-0.39, 0.29) is 0 Å². The van der Waals surface area contributed by atoms with Gasteiger partial charge in [-0.2, -0.15) is 0 Å². The molecule has 18 heavy (non-hydrogen) atoms. The lowest BCUT2D eigenvalue weighted by Gasteiger charge is -2.04. The monoisotopic (exact) mass is 237 g/mol. The molecule has 0 radical (unpaired) electrons. The number of fused-ring (bicyclic) bond motifs is 1. The van der Waals surface area contributed by atoms with Crippen molar-refractivity contribution in [2.75, 3.05) is 0 Å². The summed E-state index contributed by atoms with van der Waals surface area (Å²) in [6.45, 7) is 2.62. The Balaban J connectivity index is 2.17. The van der Waals surface area contributed by atoms with Crippen LogP contribution in [0.4, 0.5) is 0 Å². The van der Waals surface area contributed by atoms with E-state index in [2.05, 4.69) is 40.3 Å². The minimum atomic E-state index is 0.579. The number of rotatable bonds is 2. The summed E-state index contributed by atoms with van der Waals surface area (Å²) < 4.78 is 0. The maximum absolute atomic E-state index is 5.62. The van der Waals surface area contributed by atoms with Crippen LogP contribution in [0, 0.1) is 6.92 Å². The predicted octanol–water partition coefficient (Wildman–Crippen LogP) is 3.00. The third kappa shape index (κ3) is 1.79. The Kier molecular flexibility index (Phi) is 2.61. The number of hydrogen-bond donors (Lipinski definition) is 2. The molecule has 90 valence electrons. The molecule has 0 aliphatic heterocycles. The highest BCUT2D eigenvalue weighted by Gasteiger charge is 2.06. The molecule has 2 aromatic heterocycles. The largest absolute Gasteiger partial charge is 0.344 e. The fraction of sp³-hybridized carbons (Fsp3) is 0.133. The fourth-order valence-electron chi connectivity index (χ4n) is 2.23. The lowest BCUT2D eigenvalue weighted by atomic mass is 10.0. The molecule has 0 saturated carbocycles. The Hall–Kier alpha value is -2.13. The van der Waals surface area contributed by atoms with Crippen molar-refractivity contribution >= 4 is 11.0 Å². The first-order valence-corrected chi connectivity index (χ1v) is 6.01. The number of nitrogens with two attached hydrogens (primary N) is 1. The summed E-state index contributed by atoms with van der Waals surface area (Å²) in [7, 11) is 0. The van der Waals surface area contributed by atoms with Gasteiger partial charge in [0.25, 0.3) is 0 Å². The van der Waals surface area contributed by atoms with E-state index in [0.29, 0.717) is 6.54 Å². The summed E-state index contributed by atoms with van der Waals surface area (Å²) >= 11 is 0. The molecule has 0 spiro atoms. The normalized spacial score (nSPS) is 11.0. The lowest BCUT2D eigenvalue weighted by molar-refractivity contribution is 1.07. The van der Waals surface area contributed by atoms with Gasteiger partial charge in [0.2, 0.25) is 0 Å². The van der Waals surface area contributed by atoms with Crippen LogP contribution in [-0.4, -0.2) is 9.97 Å². The van der Waals surface area contributed by atoms with E-state index in [9.17, 15) is 0 Å². The van der Waals surface area contributed by atoms with Crippen LogP contribution < -0.4 is 5.73 Å². The van der Waals surface area contributed by atoms with Gasteiger partial charge in [-0.25, -0.2) is 4.98 Å². The maximum atomic E-state index is 5.62. The smallest absolute Gasteiger partial charge is 0.138 e. The molecule has 0 atom stereocenters. The average Bonchev–Trinajstić information content (AvgIpc) is 2.79. The number of nitrogens with one attached hydrogen (secondary N) is 1. The molecule has 2 heterocycles. The number of H-pyrrole nitrogens is 1. The van der Waals surface area contributed by atoms with Crippen molar-refractivity contribution in [1.29, 1.82) is 0 Å². The fourth-order valence-corrected chi connectivity index (χ4v) is 2.23. The highest BCUT2D eigenvalue weighted by Crippen LogP contribution is 2.28. The Morgan fingerprint density at radius 1 is 1.17 bits per heavy atom. The lowest BCUT2D eigenvalue weighted by Crippen LogP contribution is -1.95. The zero-order valence-corrected chi connectivity index (χ0v) is 10.3. The second-order valence-electron chi connectivity index (χ2n) is 4.47. The minimum Gasteiger partial charge on any atom is -0.344 e. The number of aromatic nitrogens is 2. The van der Waals surface area contributed by atoms with Crippen molar-refractivity contribution in [2.45, 2.75) is 13.5 Å². The molecule has 0 aliphatic carbocycles. The van der Waals surface area contributed by atoms with Gasteiger partial charge in [0.15, 0.2) is 0 Å². The number of aromatic amines is 1. The van der Waals surface area contributed by atoms with Crippen LogP contribution in [0.15, 0.2) is 42.6 Å². The highest BCUT2D eigenvalue weighted by atomic mass is 14.8. The van der Waals surface area contributed by atoms with E-state index in [1.54, 1.807) is 0 Å². The third-order valence-corrected chi connectivity index (χ3v) is 3.17. The Morgan fingerprint density at radius 2 is 1.94 bits per heavy atom. The summed E-state index contributed by atoms with van der Waals surface area (Å²) in [5.41, 5.74) is 11.2. The molecular weight excluding hydrogens is 222 g/mol. The number of hydrogen-bond acceptors (Lipinski definition) is 2. The van der Waals surface area contributed by atoms with Crippen molar-refractivity contribution in [1.82, 2.24) is 9.97 Å².